The fourth-order valence-electron chi connectivity index (χ4n) is 4.05. The number of anilines is 1. The van der Waals surface area contributed by atoms with E-state index in [0.29, 0.717) is 11.4 Å². The number of halogens is 4. The molecule has 0 radical (unpaired) electrons. The molecule has 1 aromatic heterocycles. The molecule has 2 aromatic rings. The van der Waals surface area contributed by atoms with Crippen molar-refractivity contribution in [3.63, 3.8) is 0 Å². The Hall–Kier alpha value is -2.06. The normalized spacial score (nSPS) is 17.7. The summed E-state index contributed by atoms with van der Waals surface area (Å²) in [5, 5.41) is 6.14. The second-order valence-electron chi connectivity index (χ2n) is 8.37. The van der Waals surface area contributed by atoms with Gasteiger partial charge in [0, 0.05) is 24.6 Å². The minimum Gasteiger partial charge on any atom is -0.326 e. The number of carbonyl (C=O) groups excluding carboxylic acids is 1. The van der Waals surface area contributed by atoms with E-state index in [2.05, 4.69) is 15.3 Å². The van der Waals surface area contributed by atoms with Crippen LogP contribution in [0.15, 0.2) is 24.3 Å². The molecule has 1 saturated heterocycles. The van der Waals surface area contributed by atoms with E-state index in [4.69, 9.17) is 11.6 Å². The zero-order chi connectivity index (χ0) is 22.0. The van der Waals surface area contributed by atoms with E-state index in [-0.39, 0.29) is 29.8 Å². The Morgan fingerprint density at radius 3 is 2.42 bits per heavy atom. The number of benzene rings is 1. The van der Waals surface area contributed by atoms with Crippen LogP contribution in [-0.4, -0.2) is 33.7 Å². The molecule has 31 heavy (non-hydrogen) atoms. The summed E-state index contributed by atoms with van der Waals surface area (Å²) in [5.41, 5.74) is 1.19. The van der Waals surface area contributed by atoms with E-state index < -0.39 is 11.9 Å². The highest BCUT2D eigenvalue weighted by atomic mass is 35.5. The molecular formula is C22H26ClF3N4O. The molecule has 1 amide bonds. The summed E-state index contributed by atoms with van der Waals surface area (Å²) in [5.74, 6) is -0.280. The number of likely N-dealkylation sites (tertiary alicyclic amines) is 1. The number of amides is 1. The van der Waals surface area contributed by atoms with E-state index in [1.807, 2.05) is 24.3 Å². The van der Waals surface area contributed by atoms with Gasteiger partial charge >= 0.3 is 6.18 Å². The Morgan fingerprint density at radius 2 is 1.81 bits per heavy atom. The van der Waals surface area contributed by atoms with Crippen molar-refractivity contribution in [2.45, 2.75) is 63.7 Å². The molecule has 1 N–H and O–H groups in total. The average Bonchev–Trinajstić information content (AvgIpc) is 3.50. The lowest BCUT2D eigenvalue weighted by Crippen LogP contribution is -2.29. The van der Waals surface area contributed by atoms with Gasteiger partial charge < -0.3 is 5.32 Å². The summed E-state index contributed by atoms with van der Waals surface area (Å²) in [6.07, 6.45) is 0.767. The second-order valence-corrected chi connectivity index (χ2v) is 8.75. The van der Waals surface area contributed by atoms with E-state index >= 15 is 0 Å². The first-order chi connectivity index (χ1) is 14.8. The van der Waals surface area contributed by atoms with E-state index in [1.54, 1.807) is 0 Å². The molecule has 2 heterocycles. The summed E-state index contributed by atoms with van der Waals surface area (Å²) in [6, 6.07) is 7.72. The lowest BCUT2D eigenvalue weighted by molar-refractivity contribution is -0.141. The van der Waals surface area contributed by atoms with Gasteiger partial charge in [0.05, 0.1) is 17.3 Å². The van der Waals surface area contributed by atoms with Gasteiger partial charge in [0.25, 0.3) is 0 Å². The van der Waals surface area contributed by atoms with Crippen molar-refractivity contribution in [2.24, 2.45) is 0 Å². The molecule has 0 bridgehead atoms. The summed E-state index contributed by atoms with van der Waals surface area (Å²) in [4.78, 5) is 14.8. The predicted molar refractivity (Wildman–Crippen MR) is 113 cm³/mol. The number of carbonyl (C=O) groups is 1. The maximum atomic E-state index is 13.2. The quantitative estimate of drug-likeness (QED) is 0.605. The van der Waals surface area contributed by atoms with Crippen LogP contribution in [0.25, 0.3) is 0 Å². The van der Waals surface area contributed by atoms with Crippen molar-refractivity contribution in [3.05, 3.63) is 46.2 Å². The van der Waals surface area contributed by atoms with Crippen molar-refractivity contribution in [2.75, 3.05) is 18.4 Å². The molecule has 1 aromatic carbocycles. The number of alkyl halides is 3. The number of hydrogen-bond acceptors (Lipinski definition) is 3. The number of nitrogens with zero attached hydrogens (tertiary/aromatic N) is 3. The van der Waals surface area contributed by atoms with Crippen LogP contribution in [0.4, 0.5) is 18.9 Å². The third-order valence-electron chi connectivity index (χ3n) is 5.81. The largest absolute Gasteiger partial charge is 0.436 e. The van der Waals surface area contributed by atoms with Crippen LogP contribution >= 0.6 is 11.6 Å². The minimum absolute atomic E-state index is 0.00777. The predicted octanol–water partition coefficient (Wildman–Crippen LogP) is 5.45. The van der Waals surface area contributed by atoms with Crippen molar-refractivity contribution in [1.29, 1.82) is 0 Å². The molecule has 5 nitrogen and oxygen atoms in total. The van der Waals surface area contributed by atoms with Gasteiger partial charge in [-0.1, -0.05) is 30.2 Å². The van der Waals surface area contributed by atoms with Crippen molar-refractivity contribution in [3.8, 4) is 0 Å². The Bertz CT molecular complexity index is 916. The molecule has 0 unspecified atom stereocenters. The molecule has 9 heteroatoms. The Morgan fingerprint density at radius 1 is 1.13 bits per heavy atom. The number of rotatable bonds is 7. The van der Waals surface area contributed by atoms with Gasteiger partial charge in [0.1, 0.15) is 0 Å². The molecule has 1 aliphatic carbocycles. The maximum Gasteiger partial charge on any atom is 0.436 e. The van der Waals surface area contributed by atoms with Crippen molar-refractivity contribution in [1.82, 2.24) is 14.7 Å². The highest BCUT2D eigenvalue weighted by Crippen LogP contribution is 2.46. The van der Waals surface area contributed by atoms with Crippen LogP contribution in [0.3, 0.4) is 0 Å². The topological polar surface area (TPSA) is 50.2 Å². The van der Waals surface area contributed by atoms with Crippen LogP contribution < -0.4 is 5.32 Å². The minimum atomic E-state index is -4.61. The molecular weight excluding hydrogens is 429 g/mol. The molecule has 2 fully saturated rings. The van der Waals surface area contributed by atoms with E-state index in [1.165, 1.54) is 29.5 Å². The van der Waals surface area contributed by atoms with Crippen LogP contribution in [-0.2, 0) is 24.1 Å². The second kappa shape index (κ2) is 9.20. The van der Waals surface area contributed by atoms with Gasteiger partial charge in [0.15, 0.2) is 5.69 Å². The number of nitrogens with one attached hydrogen (secondary N) is 1. The SMILES string of the molecule is O=C(CCn1nc(C(F)(F)F)c(Cl)c1C1CC1)Nc1ccc(CN2CCCCC2)cc1. The first-order valence-electron chi connectivity index (χ1n) is 10.8. The van der Waals surface area contributed by atoms with Crippen LogP contribution in [0.2, 0.25) is 5.02 Å². The molecule has 0 atom stereocenters. The number of aromatic nitrogens is 2. The maximum absolute atomic E-state index is 13.2. The molecule has 4 rings (SSSR count). The van der Waals surface area contributed by atoms with Gasteiger partial charge in [-0.3, -0.25) is 14.4 Å². The summed E-state index contributed by atoms with van der Waals surface area (Å²) >= 11 is 5.97. The number of hydrogen-bond donors (Lipinski definition) is 1. The van der Waals surface area contributed by atoms with Crippen LogP contribution in [0.5, 0.6) is 0 Å². The highest BCUT2D eigenvalue weighted by molar-refractivity contribution is 6.32. The number of piperidine rings is 1. The van der Waals surface area contributed by atoms with Crippen LogP contribution in [0, 0.1) is 0 Å². The summed E-state index contributed by atoms with van der Waals surface area (Å²) in [7, 11) is 0. The Balaban J connectivity index is 1.33. The molecule has 2 aliphatic rings. The van der Waals surface area contributed by atoms with Crippen molar-refractivity contribution >= 4 is 23.2 Å². The van der Waals surface area contributed by atoms with E-state index in [9.17, 15) is 18.0 Å². The highest BCUT2D eigenvalue weighted by Gasteiger charge is 2.42. The molecule has 168 valence electrons. The molecule has 1 aliphatic heterocycles. The van der Waals surface area contributed by atoms with Gasteiger partial charge in [-0.05, 0) is 56.5 Å². The third-order valence-corrected chi connectivity index (χ3v) is 6.18. The van der Waals surface area contributed by atoms with Gasteiger partial charge in [-0.15, -0.1) is 0 Å². The summed E-state index contributed by atoms with van der Waals surface area (Å²) < 4.78 is 40.7. The number of aryl methyl sites for hydroxylation is 1. The Kier molecular flexibility index (Phi) is 6.57. The van der Waals surface area contributed by atoms with Crippen molar-refractivity contribution < 1.29 is 18.0 Å². The first kappa shape index (κ1) is 22.1. The van der Waals surface area contributed by atoms with E-state index in [0.717, 1.165) is 32.5 Å². The fourth-order valence-corrected chi connectivity index (χ4v) is 4.45. The van der Waals surface area contributed by atoms with Crippen LogP contribution in [0.1, 0.15) is 61.4 Å². The molecule has 0 spiro atoms. The average molecular weight is 455 g/mol. The standard InChI is InChI=1S/C22H26ClF3N4O/c23-19-20(16-6-7-16)30(28-21(19)22(24,25)26)13-10-18(31)27-17-8-4-15(5-9-17)14-29-11-2-1-3-12-29/h4-5,8-9,16H,1-3,6-7,10-14H2,(H,27,31). The van der Waals surface area contributed by atoms with Gasteiger partial charge in [0.2, 0.25) is 5.91 Å². The molecule has 1 saturated carbocycles. The Labute approximate surface area is 184 Å². The van der Waals surface area contributed by atoms with Gasteiger partial charge in [-0.2, -0.15) is 18.3 Å². The fraction of sp³-hybridized carbons (Fsp3) is 0.545. The third kappa shape index (κ3) is 5.60. The zero-order valence-electron chi connectivity index (χ0n) is 17.2. The lowest BCUT2D eigenvalue weighted by Gasteiger charge is -2.26. The zero-order valence-corrected chi connectivity index (χ0v) is 18.0. The monoisotopic (exact) mass is 454 g/mol. The lowest BCUT2D eigenvalue weighted by atomic mass is 10.1. The van der Waals surface area contributed by atoms with Gasteiger partial charge in [-0.25, -0.2) is 0 Å². The first-order valence-corrected chi connectivity index (χ1v) is 11.1. The smallest absolute Gasteiger partial charge is 0.326 e. The summed E-state index contributed by atoms with van der Waals surface area (Å²) in [6.45, 7) is 3.20.